The molecule has 1 atom stereocenters. The zero-order valence-electron chi connectivity index (χ0n) is 16.0. The minimum atomic E-state index is -0.466. The molecule has 1 N–H and O–H groups in total. The molecule has 0 aliphatic heterocycles. The predicted molar refractivity (Wildman–Crippen MR) is 104 cm³/mol. The zero-order valence-corrected chi connectivity index (χ0v) is 16.0. The monoisotopic (exact) mass is 384 g/mol. The summed E-state index contributed by atoms with van der Waals surface area (Å²) in [6.45, 7) is 1.79. The lowest BCUT2D eigenvalue weighted by molar-refractivity contribution is -0.116. The van der Waals surface area contributed by atoms with Crippen molar-refractivity contribution in [1.82, 2.24) is 0 Å². The number of halogens is 1. The number of allylic oxidation sites excluding steroid dienone is 2. The highest BCUT2D eigenvalue weighted by Gasteiger charge is 2.23. The summed E-state index contributed by atoms with van der Waals surface area (Å²) in [7, 11) is 0. The molecule has 0 amide bonds. The Labute approximate surface area is 164 Å². The SMILES string of the molecule is Cc1cc(F)c(CCC2CCC(=O)C=C2OCO)cc1OCc1ccccc1. The number of carbonyl (C=O) groups is 1. The van der Waals surface area contributed by atoms with Gasteiger partial charge < -0.3 is 14.6 Å². The Bertz CT molecular complexity index is 845. The van der Waals surface area contributed by atoms with E-state index in [-0.39, 0.29) is 17.5 Å². The van der Waals surface area contributed by atoms with Gasteiger partial charge in [-0.15, -0.1) is 0 Å². The highest BCUT2D eigenvalue weighted by Crippen LogP contribution is 2.30. The Balaban J connectivity index is 1.68. The van der Waals surface area contributed by atoms with Crippen LogP contribution in [0.2, 0.25) is 0 Å². The summed E-state index contributed by atoms with van der Waals surface area (Å²) >= 11 is 0. The van der Waals surface area contributed by atoms with Crippen LogP contribution in [0.15, 0.2) is 54.3 Å². The number of ketones is 1. The average Bonchev–Trinajstić information content (AvgIpc) is 2.69. The van der Waals surface area contributed by atoms with Gasteiger partial charge >= 0.3 is 0 Å². The van der Waals surface area contributed by atoms with Gasteiger partial charge in [0.2, 0.25) is 0 Å². The molecule has 3 rings (SSSR count). The third-order valence-corrected chi connectivity index (χ3v) is 5.02. The molecule has 0 heterocycles. The predicted octanol–water partition coefficient (Wildman–Crippen LogP) is 4.48. The van der Waals surface area contributed by atoms with Gasteiger partial charge in [0, 0.05) is 18.4 Å². The van der Waals surface area contributed by atoms with Crippen LogP contribution in [0, 0.1) is 18.7 Å². The Kier molecular flexibility index (Phi) is 6.82. The molecule has 148 valence electrons. The molecular formula is C23H25FO4. The van der Waals surface area contributed by atoms with Crippen LogP contribution in [0.1, 0.15) is 36.0 Å². The number of aliphatic hydroxyl groups is 1. The molecular weight excluding hydrogens is 359 g/mol. The van der Waals surface area contributed by atoms with Gasteiger partial charge in [0.25, 0.3) is 0 Å². The number of hydrogen-bond acceptors (Lipinski definition) is 4. The van der Waals surface area contributed by atoms with Crippen molar-refractivity contribution in [3.05, 3.63) is 76.8 Å². The van der Waals surface area contributed by atoms with Gasteiger partial charge in [0.1, 0.15) is 23.9 Å². The number of rotatable bonds is 8. The standard InChI is InChI=1S/C23H25FO4/c1-16-11-21(24)19(12-22(16)27-14-17-5-3-2-4-6-17)8-7-18-9-10-20(26)13-23(18)28-15-25/h2-6,11-13,18,25H,7-10,14-15H2,1H3. The van der Waals surface area contributed by atoms with Crippen molar-refractivity contribution in [2.45, 2.75) is 39.2 Å². The summed E-state index contributed by atoms with van der Waals surface area (Å²) in [5, 5.41) is 9.02. The summed E-state index contributed by atoms with van der Waals surface area (Å²) in [4.78, 5) is 11.6. The topological polar surface area (TPSA) is 55.8 Å². The maximum atomic E-state index is 14.5. The second kappa shape index (κ2) is 9.51. The van der Waals surface area contributed by atoms with Crippen LogP contribution in [-0.4, -0.2) is 17.7 Å². The molecule has 2 aromatic rings. The minimum absolute atomic E-state index is 0.000704. The molecule has 4 nitrogen and oxygen atoms in total. The number of hydrogen-bond donors (Lipinski definition) is 1. The second-order valence-corrected chi connectivity index (χ2v) is 7.04. The average molecular weight is 384 g/mol. The number of ether oxygens (including phenoxy) is 2. The summed E-state index contributed by atoms with van der Waals surface area (Å²) in [5.74, 6) is 0.898. The molecule has 0 spiro atoms. The van der Waals surface area contributed by atoms with E-state index < -0.39 is 6.79 Å². The van der Waals surface area contributed by atoms with Crippen LogP contribution < -0.4 is 4.74 Å². The van der Waals surface area contributed by atoms with E-state index in [0.29, 0.717) is 49.4 Å². The first-order valence-corrected chi connectivity index (χ1v) is 9.50. The van der Waals surface area contributed by atoms with E-state index >= 15 is 0 Å². The van der Waals surface area contributed by atoms with Crippen LogP contribution in [0.25, 0.3) is 0 Å². The summed E-state index contributed by atoms with van der Waals surface area (Å²) in [6, 6.07) is 13.1. The van der Waals surface area contributed by atoms with Gasteiger partial charge in [0.05, 0.1) is 0 Å². The molecule has 1 aliphatic carbocycles. The van der Waals surface area contributed by atoms with Crippen LogP contribution >= 0.6 is 0 Å². The van der Waals surface area contributed by atoms with Gasteiger partial charge in [-0.05, 0) is 55.0 Å². The van der Waals surface area contributed by atoms with Gasteiger partial charge in [-0.25, -0.2) is 4.39 Å². The third-order valence-electron chi connectivity index (χ3n) is 5.02. The Hall–Kier alpha value is -2.66. The normalized spacial score (nSPS) is 16.6. The first-order valence-electron chi connectivity index (χ1n) is 9.50. The Morgan fingerprint density at radius 3 is 2.71 bits per heavy atom. The molecule has 28 heavy (non-hydrogen) atoms. The van der Waals surface area contributed by atoms with E-state index in [2.05, 4.69) is 0 Å². The maximum Gasteiger partial charge on any atom is 0.185 e. The van der Waals surface area contributed by atoms with E-state index in [4.69, 9.17) is 14.6 Å². The fourth-order valence-electron chi connectivity index (χ4n) is 3.44. The molecule has 2 aromatic carbocycles. The maximum absolute atomic E-state index is 14.5. The smallest absolute Gasteiger partial charge is 0.185 e. The van der Waals surface area contributed by atoms with Crippen molar-refractivity contribution < 1.29 is 23.8 Å². The van der Waals surface area contributed by atoms with Gasteiger partial charge in [0.15, 0.2) is 12.6 Å². The molecule has 1 aliphatic rings. The summed E-state index contributed by atoms with van der Waals surface area (Å²) in [5.41, 5.74) is 2.38. The molecule has 0 bridgehead atoms. The third kappa shape index (κ3) is 5.20. The van der Waals surface area contributed by atoms with Crippen molar-refractivity contribution in [3.8, 4) is 5.75 Å². The van der Waals surface area contributed by atoms with Gasteiger partial charge in [-0.2, -0.15) is 0 Å². The molecule has 5 heteroatoms. The lowest BCUT2D eigenvalue weighted by Crippen LogP contribution is -2.17. The highest BCUT2D eigenvalue weighted by atomic mass is 19.1. The second-order valence-electron chi connectivity index (χ2n) is 7.04. The van der Waals surface area contributed by atoms with Crippen molar-refractivity contribution in [2.24, 2.45) is 5.92 Å². The summed E-state index contributed by atoms with van der Waals surface area (Å²) < 4.78 is 25.6. The highest BCUT2D eigenvalue weighted by molar-refractivity contribution is 5.90. The Morgan fingerprint density at radius 2 is 1.96 bits per heavy atom. The lowest BCUT2D eigenvalue weighted by atomic mass is 9.88. The van der Waals surface area contributed by atoms with Crippen molar-refractivity contribution in [2.75, 3.05) is 6.79 Å². The Morgan fingerprint density at radius 1 is 1.18 bits per heavy atom. The van der Waals surface area contributed by atoms with E-state index in [1.807, 2.05) is 37.3 Å². The van der Waals surface area contributed by atoms with Crippen molar-refractivity contribution in [3.63, 3.8) is 0 Å². The van der Waals surface area contributed by atoms with E-state index in [9.17, 15) is 9.18 Å². The molecule has 0 fully saturated rings. The van der Waals surface area contributed by atoms with E-state index in [1.165, 1.54) is 12.1 Å². The zero-order chi connectivity index (χ0) is 19.9. The largest absolute Gasteiger partial charge is 0.489 e. The van der Waals surface area contributed by atoms with Gasteiger partial charge in [-0.3, -0.25) is 4.79 Å². The van der Waals surface area contributed by atoms with Crippen LogP contribution in [0.4, 0.5) is 4.39 Å². The lowest BCUT2D eigenvalue weighted by Gasteiger charge is -2.23. The van der Waals surface area contributed by atoms with E-state index in [0.717, 1.165) is 11.1 Å². The first kappa shape index (κ1) is 20.1. The van der Waals surface area contributed by atoms with Crippen molar-refractivity contribution in [1.29, 1.82) is 0 Å². The van der Waals surface area contributed by atoms with Crippen LogP contribution in [-0.2, 0) is 22.6 Å². The molecule has 0 saturated heterocycles. The van der Waals surface area contributed by atoms with Crippen molar-refractivity contribution >= 4 is 5.78 Å². The molecule has 1 unspecified atom stereocenters. The van der Waals surface area contributed by atoms with Crippen LogP contribution in [0.5, 0.6) is 5.75 Å². The number of aliphatic hydroxyl groups excluding tert-OH is 1. The minimum Gasteiger partial charge on any atom is -0.489 e. The summed E-state index contributed by atoms with van der Waals surface area (Å²) in [6.07, 6.45) is 3.68. The molecule has 0 radical (unpaired) electrons. The number of carbonyl (C=O) groups excluding carboxylic acids is 1. The number of aryl methyl sites for hydroxylation is 2. The number of benzene rings is 2. The fraction of sp³-hybridized carbons (Fsp3) is 0.348. The first-order chi connectivity index (χ1) is 13.6. The molecule has 0 aromatic heterocycles. The van der Waals surface area contributed by atoms with Crippen LogP contribution in [0.3, 0.4) is 0 Å². The fourth-order valence-corrected chi connectivity index (χ4v) is 3.44. The molecule has 0 saturated carbocycles. The van der Waals surface area contributed by atoms with E-state index in [1.54, 1.807) is 6.07 Å². The van der Waals surface area contributed by atoms with Gasteiger partial charge in [-0.1, -0.05) is 30.3 Å². The quantitative estimate of drug-likeness (QED) is 0.682.